The molecule has 10 heteroatoms. The maximum atomic E-state index is 14.0. The maximum absolute atomic E-state index is 14.0. The average molecular weight is 538 g/mol. The van der Waals surface area contributed by atoms with Crippen LogP contribution in [0, 0.1) is 19.7 Å². The smallest absolute Gasteiger partial charge is 0.301 e. The van der Waals surface area contributed by atoms with Crippen molar-refractivity contribution in [1.29, 1.82) is 0 Å². The Morgan fingerprint density at radius 2 is 1.92 bits per heavy atom. The second-order valence-electron chi connectivity index (χ2n) is 8.23. The molecule has 2 aromatic heterocycles. The number of anilines is 1. The molecular formula is C26H20FN3O3S3. The highest BCUT2D eigenvalue weighted by Crippen LogP contribution is 2.45. The van der Waals surface area contributed by atoms with Crippen LogP contribution >= 0.6 is 34.4 Å². The van der Waals surface area contributed by atoms with Gasteiger partial charge in [-0.1, -0.05) is 65.1 Å². The monoisotopic (exact) mass is 537 g/mol. The summed E-state index contributed by atoms with van der Waals surface area (Å²) in [5, 5.41) is 21.7. The summed E-state index contributed by atoms with van der Waals surface area (Å²) in [5.41, 5.74) is 2.77. The van der Waals surface area contributed by atoms with Crippen LogP contribution in [-0.2, 0) is 15.3 Å². The van der Waals surface area contributed by atoms with Crippen molar-refractivity contribution >= 4 is 57.0 Å². The molecule has 36 heavy (non-hydrogen) atoms. The lowest BCUT2D eigenvalue weighted by atomic mass is 9.96. The standard InChI is InChI=1S/C26H20FN3O3S3/c1-14-9-10-15(2)17(12-14)22(31)20-21(19-8-5-11-34-19)30(24(33)23(20)32)25-28-29-26(36-25)35-13-16-6-3-4-7-18(16)27/h3-12,21,31H,13H2,1-2H3/b22-20+. The number of thiophene rings is 1. The molecule has 1 N–H and O–H groups in total. The minimum absolute atomic E-state index is 0.0203. The molecular weight excluding hydrogens is 518 g/mol. The molecule has 0 radical (unpaired) electrons. The number of benzene rings is 2. The van der Waals surface area contributed by atoms with Crippen LogP contribution in [0.25, 0.3) is 5.76 Å². The zero-order chi connectivity index (χ0) is 25.4. The number of aliphatic hydroxyl groups excluding tert-OH is 1. The van der Waals surface area contributed by atoms with E-state index in [0.29, 0.717) is 21.2 Å². The van der Waals surface area contributed by atoms with Crippen LogP contribution in [-0.4, -0.2) is 27.0 Å². The molecule has 0 bridgehead atoms. The highest BCUT2D eigenvalue weighted by atomic mass is 32.2. The number of thioether (sulfide) groups is 1. The summed E-state index contributed by atoms with van der Waals surface area (Å²) in [6.07, 6.45) is 0. The first kappa shape index (κ1) is 24.4. The fourth-order valence-electron chi connectivity index (χ4n) is 4.00. The van der Waals surface area contributed by atoms with Crippen molar-refractivity contribution in [1.82, 2.24) is 10.2 Å². The average Bonchev–Trinajstić information content (AvgIpc) is 3.61. The van der Waals surface area contributed by atoms with Crippen LogP contribution in [0.2, 0.25) is 0 Å². The maximum Gasteiger partial charge on any atom is 0.301 e. The van der Waals surface area contributed by atoms with Gasteiger partial charge in [-0.2, -0.15) is 0 Å². The molecule has 0 aliphatic carbocycles. The molecule has 1 aliphatic heterocycles. The minimum atomic E-state index is -0.831. The lowest BCUT2D eigenvalue weighted by Crippen LogP contribution is -2.29. The highest BCUT2D eigenvalue weighted by Gasteiger charge is 2.49. The molecule has 4 aromatic rings. The number of hydrogen-bond donors (Lipinski definition) is 1. The molecule has 2 aromatic carbocycles. The minimum Gasteiger partial charge on any atom is -0.507 e. The first-order valence-corrected chi connectivity index (χ1v) is 13.6. The number of ketones is 1. The normalized spacial score (nSPS) is 17.2. The van der Waals surface area contributed by atoms with Crippen molar-refractivity contribution in [3.63, 3.8) is 0 Å². The van der Waals surface area contributed by atoms with Gasteiger partial charge >= 0.3 is 5.91 Å². The van der Waals surface area contributed by atoms with Crippen molar-refractivity contribution in [3.05, 3.63) is 98.5 Å². The fourth-order valence-corrected chi connectivity index (χ4v) is 6.67. The summed E-state index contributed by atoms with van der Waals surface area (Å²) in [7, 11) is 0. The van der Waals surface area contributed by atoms with Crippen LogP contribution < -0.4 is 4.90 Å². The Bertz CT molecular complexity index is 1500. The van der Waals surface area contributed by atoms with Gasteiger partial charge < -0.3 is 5.11 Å². The van der Waals surface area contributed by atoms with Gasteiger partial charge in [0, 0.05) is 16.2 Å². The van der Waals surface area contributed by atoms with E-state index in [4.69, 9.17) is 0 Å². The molecule has 1 aliphatic rings. The molecule has 1 amide bonds. The van der Waals surface area contributed by atoms with E-state index in [-0.39, 0.29) is 22.3 Å². The van der Waals surface area contributed by atoms with Crippen LogP contribution in [0.3, 0.4) is 0 Å². The SMILES string of the molecule is Cc1ccc(C)c(/C(O)=C2\C(=O)C(=O)N(c3nnc(SCc4ccccc4F)s3)C2c2cccs2)c1. The van der Waals surface area contributed by atoms with Crippen LogP contribution in [0.1, 0.15) is 33.2 Å². The molecule has 1 atom stereocenters. The number of rotatable bonds is 6. The van der Waals surface area contributed by atoms with E-state index in [2.05, 4.69) is 10.2 Å². The number of carbonyl (C=O) groups excluding carboxylic acids is 2. The number of Topliss-reactive ketones (excluding diaryl/α,β-unsaturated/α-hetero) is 1. The number of aliphatic hydroxyl groups is 1. The number of aromatic nitrogens is 2. The molecule has 1 saturated heterocycles. The summed E-state index contributed by atoms with van der Waals surface area (Å²) in [6, 6.07) is 14.9. The van der Waals surface area contributed by atoms with Gasteiger partial charge in [0.2, 0.25) is 5.13 Å². The van der Waals surface area contributed by atoms with E-state index >= 15 is 0 Å². The summed E-state index contributed by atoms with van der Waals surface area (Å²) in [5.74, 6) is -1.72. The number of nitrogens with zero attached hydrogens (tertiary/aromatic N) is 3. The van der Waals surface area contributed by atoms with Crippen molar-refractivity contribution in [2.24, 2.45) is 0 Å². The van der Waals surface area contributed by atoms with Crippen LogP contribution in [0.4, 0.5) is 9.52 Å². The van der Waals surface area contributed by atoms with Crippen LogP contribution in [0.15, 0.2) is 69.9 Å². The summed E-state index contributed by atoms with van der Waals surface area (Å²) in [6.45, 7) is 3.74. The first-order valence-electron chi connectivity index (χ1n) is 11.0. The van der Waals surface area contributed by atoms with Gasteiger partial charge in [-0.3, -0.25) is 14.5 Å². The van der Waals surface area contributed by atoms with Crippen molar-refractivity contribution in [2.45, 2.75) is 30.0 Å². The third kappa shape index (κ3) is 4.47. The fraction of sp³-hybridized carbons (Fsp3) is 0.154. The van der Waals surface area contributed by atoms with Gasteiger partial charge in [0.1, 0.15) is 17.6 Å². The molecule has 182 valence electrons. The molecule has 6 nitrogen and oxygen atoms in total. The Hall–Kier alpha value is -3.34. The van der Waals surface area contributed by atoms with Gasteiger partial charge in [0.15, 0.2) is 4.34 Å². The second kappa shape index (κ2) is 9.96. The third-order valence-corrected chi connectivity index (χ3v) is 8.85. The lowest BCUT2D eigenvalue weighted by molar-refractivity contribution is -0.132. The Balaban J connectivity index is 1.53. The molecule has 1 unspecified atom stereocenters. The summed E-state index contributed by atoms with van der Waals surface area (Å²) in [4.78, 5) is 28.5. The van der Waals surface area contributed by atoms with Crippen molar-refractivity contribution in [2.75, 3.05) is 4.90 Å². The van der Waals surface area contributed by atoms with Crippen LogP contribution in [0.5, 0.6) is 0 Å². The van der Waals surface area contributed by atoms with E-state index < -0.39 is 17.7 Å². The van der Waals surface area contributed by atoms with E-state index in [9.17, 15) is 19.1 Å². The summed E-state index contributed by atoms with van der Waals surface area (Å²) >= 11 is 3.83. The molecule has 1 fully saturated rings. The quantitative estimate of drug-likeness (QED) is 0.103. The first-order chi connectivity index (χ1) is 17.3. The lowest BCUT2D eigenvalue weighted by Gasteiger charge is -2.21. The predicted molar refractivity (Wildman–Crippen MR) is 141 cm³/mol. The largest absolute Gasteiger partial charge is 0.507 e. The zero-order valence-corrected chi connectivity index (χ0v) is 21.7. The van der Waals surface area contributed by atoms with Gasteiger partial charge in [0.05, 0.1) is 5.57 Å². The molecule has 5 rings (SSSR count). The Kier molecular flexibility index (Phi) is 6.74. The number of amides is 1. The third-order valence-electron chi connectivity index (χ3n) is 5.82. The van der Waals surface area contributed by atoms with E-state index in [0.717, 1.165) is 27.3 Å². The van der Waals surface area contributed by atoms with E-state index in [1.54, 1.807) is 24.3 Å². The zero-order valence-electron chi connectivity index (χ0n) is 19.3. The number of hydrogen-bond acceptors (Lipinski definition) is 8. The predicted octanol–water partition coefficient (Wildman–Crippen LogP) is 6.27. The van der Waals surface area contributed by atoms with E-state index in [1.165, 1.54) is 34.1 Å². The highest BCUT2D eigenvalue weighted by molar-refractivity contribution is 8.00. The molecule has 0 spiro atoms. The van der Waals surface area contributed by atoms with Gasteiger partial charge in [0.25, 0.3) is 5.78 Å². The Morgan fingerprint density at radius 1 is 1.11 bits per heavy atom. The number of halogens is 1. The molecule has 3 heterocycles. The van der Waals surface area contributed by atoms with Crippen molar-refractivity contribution in [3.8, 4) is 0 Å². The topological polar surface area (TPSA) is 83.4 Å². The van der Waals surface area contributed by atoms with Gasteiger partial charge in [-0.25, -0.2) is 4.39 Å². The van der Waals surface area contributed by atoms with Crippen molar-refractivity contribution < 1.29 is 19.1 Å². The summed E-state index contributed by atoms with van der Waals surface area (Å²) < 4.78 is 14.5. The number of aryl methyl sites for hydroxylation is 2. The Labute approximate surface area is 219 Å². The van der Waals surface area contributed by atoms with Gasteiger partial charge in [-0.05, 0) is 48.6 Å². The molecule has 0 saturated carbocycles. The number of carbonyl (C=O) groups is 2. The second-order valence-corrected chi connectivity index (χ2v) is 11.4. The van der Waals surface area contributed by atoms with Gasteiger partial charge in [-0.15, -0.1) is 21.5 Å². The van der Waals surface area contributed by atoms with E-state index in [1.807, 2.05) is 43.5 Å². The Morgan fingerprint density at radius 3 is 2.67 bits per heavy atom.